The molecule has 2 heterocycles. The highest BCUT2D eigenvalue weighted by Gasteiger charge is 2.47. The van der Waals surface area contributed by atoms with Gasteiger partial charge in [-0.3, -0.25) is 9.59 Å². The molecule has 1 saturated heterocycles. The van der Waals surface area contributed by atoms with Crippen molar-refractivity contribution in [2.24, 2.45) is 10.8 Å². The van der Waals surface area contributed by atoms with Gasteiger partial charge >= 0.3 is 0 Å². The fourth-order valence-corrected chi connectivity index (χ4v) is 5.81. The number of halogens is 1. The Hall–Kier alpha value is -3.16. The summed E-state index contributed by atoms with van der Waals surface area (Å²) in [6.45, 7) is 11.2. The number of ether oxygens (including phenoxy) is 1. The van der Waals surface area contributed by atoms with Crippen LogP contribution in [0.15, 0.2) is 42.5 Å². The second kappa shape index (κ2) is 10.7. The third-order valence-corrected chi connectivity index (χ3v) is 8.69. The molecule has 0 spiro atoms. The van der Waals surface area contributed by atoms with Crippen molar-refractivity contribution in [1.29, 1.82) is 0 Å². The van der Waals surface area contributed by atoms with Crippen LogP contribution < -0.4 is 10.6 Å². The Balaban J connectivity index is 1.49. The number of benzene rings is 2. The van der Waals surface area contributed by atoms with Gasteiger partial charge in [0.2, 0.25) is 11.8 Å². The van der Waals surface area contributed by atoms with Gasteiger partial charge in [0.05, 0.1) is 23.1 Å². The molecule has 1 aromatic heterocycles. The van der Waals surface area contributed by atoms with E-state index in [4.69, 9.17) is 21.3 Å². The van der Waals surface area contributed by atoms with Crippen molar-refractivity contribution in [2.75, 3.05) is 19.8 Å². The maximum Gasteiger partial charge on any atom is 0.243 e. The Morgan fingerprint density at radius 3 is 2.55 bits per heavy atom. The fraction of sp³-hybridized carbons (Fsp3) is 0.469. The van der Waals surface area contributed by atoms with Crippen LogP contribution in [0.3, 0.4) is 0 Å². The van der Waals surface area contributed by atoms with Gasteiger partial charge in [0, 0.05) is 18.2 Å². The molecule has 2 aliphatic rings. The lowest BCUT2D eigenvalue weighted by Crippen LogP contribution is -2.58. The molecule has 2 unspecified atom stereocenters. The molecule has 1 saturated carbocycles. The zero-order valence-corrected chi connectivity index (χ0v) is 24.7. The molecule has 2 aromatic carbocycles. The number of carbonyl (C=O) groups excluding carboxylic acids is 2. The molecule has 8 heteroatoms. The first kappa shape index (κ1) is 28.4. The van der Waals surface area contributed by atoms with E-state index >= 15 is 0 Å². The van der Waals surface area contributed by atoms with Gasteiger partial charge in [0.1, 0.15) is 11.9 Å². The molecule has 40 heavy (non-hydrogen) atoms. The summed E-state index contributed by atoms with van der Waals surface area (Å²) in [4.78, 5) is 35.1. The number of carbonyl (C=O) groups is 2. The number of rotatable bonds is 8. The molecule has 2 fully saturated rings. The molecule has 1 aliphatic carbocycles. The third kappa shape index (κ3) is 5.41. The predicted octanol–water partition coefficient (Wildman–Crippen LogP) is 5.88. The molecule has 0 radical (unpaired) electrons. The van der Waals surface area contributed by atoms with Gasteiger partial charge in [-0.1, -0.05) is 63.6 Å². The lowest BCUT2D eigenvalue weighted by atomic mass is 9.77. The molecule has 1 aliphatic heterocycles. The minimum Gasteiger partial charge on any atom is -0.380 e. The highest BCUT2D eigenvalue weighted by atomic mass is 35.5. The molecule has 3 N–H and O–H groups in total. The average molecular weight is 563 g/mol. The first-order chi connectivity index (χ1) is 19.0. The van der Waals surface area contributed by atoms with Crippen LogP contribution in [0.5, 0.6) is 0 Å². The quantitative estimate of drug-likeness (QED) is 0.319. The van der Waals surface area contributed by atoms with Crippen molar-refractivity contribution in [2.45, 2.75) is 65.3 Å². The minimum atomic E-state index is -0.893. The minimum absolute atomic E-state index is 0.0755. The van der Waals surface area contributed by atoms with E-state index in [9.17, 15) is 9.59 Å². The molecular formula is C32H39ClN4O3. The third-order valence-electron chi connectivity index (χ3n) is 8.36. The smallest absolute Gasteiger partial charge is 0.243 e. The predicted molar refractivity (Wildman–Crippen MR) is 160 cm³/mol. The zero-order chi connectivity index (χ0) is 28.7. The van der Waals surface area contributed by atoms with Gasteiger partial charge in [0.15, 0.2) is 0 Å². The Labute approximate surface area is 241 Å². The maximum atomic E-state index is 13.9. The van der Waals surface area contributed by atoms with Gasteiger partial charge < -0.3 is 20.4 Å². The van der Waals surface area contributed by atoms with Crippen LogP contribution in [0.4, 0.5) is 0 Å². The van der Waals surface area contributed by atoms with Crippen LogP contribution in [0.25, 0.3) is 22.7 Å². The number of hydrogen-bond acceptors (Lipinski definition) is 4. The highest BCUT2D eigenvalue weighted by molar-refractivity contribution is 6.32. The molecule has 2 amide bonds. The molecule has 3 aromatic rings. The van der Waals surface area contributed by atoms with Crippen molar-refractivity contribution < 1.29 is 14.3 Å². The van der Waals surface area contributed by atoms with Crippen LogP contribution in [0, 0.1) is 10.8 Å². The van der Waals surface area contributed by atoms with Gasteiger partial charge in [0.25, 0.3) is 0 Å². The first-order valence-corrected chi connectivity index (χ1v) is 14.5. The van der Waals surface area contributed by atoms with Crippen molar-refractivity contribution in [3.8, 4) is 0 Å². The van der Waals surface area contributed by atoms with E-state index in [-0.39, 0.29) is 23.8 Å². The van der Waals surface area contributed by atoms with Crippen LogP contribution in [-0.4, -0.2) is 47.6 Å². The van der Waals surface area contributed by atoms with Crippen molar-refractivity contribution in [1.82, 2.24) is 20.6 Å². The molecule has 5 rings (SSSR count). The van der Waals surface area contributed by atoms with E-state index in [1.165, 1.54) is 5.57 Å². The molecular weight excluding hydrogens is 524 g/mol. The van der Waals surface area contributed by atoms with Gasteiger partial charge in [-0.15, -0.1) is 0 Å². The Morgan fingerprint density at radius 1 is 1.18 bits per heavy atom. The number of aromatic nitrogens is 2. The number of likely N-dealkylation sites (N-methyl/N-ethyl adjacent to an activating group) is 1. The Bertz CT molecular complexity index is 1460. The molecule has 0 bridgehead atoms. The van der Waals surface area contributed by atoms with E-state index in [0.717, 1.165) is 45.8 Å². The summed E-state index contributed by atoms with van der Waals surface area (Å²) in [5, 5.41) is 6.66. The Morgan fingerprint density at radius 2 is 1.93 bits per heavy atom. The zero-order valence-electron chi connectivity index (χ0n) is 24.0. The molecule has 7 nitrogen and oxygen atoms in total. The summed E-state index contributed by atoms with van der Waals surface area (Å²) in [6.07, 6.45) is 4.86. The SMILES string of the molecule is CCNC(=O)C(NC(=O)C1(c2ccc3nc(/C=C(/c4ccccc4Cl)C4(C)CC4)[nH]c3c2)CCOC1)C(C)(C)C. The summed E-state index contributed by atoms with van der Waals surface area (Å²) < 4.78 is 5.78. The molecule has 2 atom stereocenters. The summed E-state index contributed by atoms with van der Waals surface area (Å²) in [5.41, 5.74) is 3.44. The Kier molecular flexibility index (Phi) is 7.57. The van der Waals surface area contributed by atoms with Gasteiger partial charge in [-0.25, -0.2) is 4.98 Å². The summed E-state index contributed by atoms with van der Waals surface area (Å²) in [6, 6.07) is 13.2. The van der Waals surface area contributed by atoms with Crippen LogP contribution in [0.1, 0.15) is 70.8 Å². The second-order valence-corrected chi connectivity index (χ2v) is 12.9. The lowest BCUT2D eigenvalue weighted by molar-refractivity contribution is -0.134. The van der Waals surface area contributed by atoms with Crippen molar-refractivity contribution >= 4 is 46.1 Å². The van der Waals surface area contributed by atoms with Gasteiger partial charge in [-0.2, -0.15) is 0 Å². The summed E-state index contributed by atoms with van der Waals surface area (Å²) in [5.74, 6) is 0.370. The van der Waals surface area contributed by atoms with E-state index < -0.39 is 16.9 Å². The van der Waals surface area contributed by atoms with E-state index in [1.54, 1.807) is 0 Å². The number of H-pyrrole nitrogens is 1. The number of nitrogens with zero attached hydrogens (tertiary/aromatic N) is 1. The number of amides is 2. The fourth-order valence-electron chi connectivity index (χ4n) is 5.57. The second-order valence-electron chi connectivity index (χ2n) is 12.5. The number of aromatic amines is 1. The number of hydrogen-bond donors (Lipinski definition) is 3. The first-order valence-electron chi connectivity index (χ1n) is 14.1. The van der Waals surface area contributed by atoms with Crippen LogP contribution in [0.2, 0.25) is 5.02 Å². The number of allylic oxidation sites excluding steroid dienone is 1. The molecule has 212 valence electrons. The van der Waals surface area contributed by atoms with E-state index in [1.807, 2.05) is 64.1 Å². The number of imidazole rings is 1. The normalized spacial score (nSPS) is 21.3. The maximum absolute atomic E-state index is 13.9. The topological polar surface area (TPSA) is 96.1 Å². The standard InChI is InChI=1S/C32H39ClN4O3/c1-6-34-28(38)27(30(2,3)4)37-29(39)32(15-16-40-19-32)20-11-12-24-25(17-20)36-26(35-24)18-22(31(5)13-14-31)21-9-7-8-10-23(21)33/h7-12,17-18,27H,6,13-16,19H2,1-5H3,(H,34,38)(H,35,36)(H,37,39)/b22-18-. The van der Waals surface area contributed by atoms with E-state index in [0.29, 0.717) is 19.6 Å². The van der Waals surface area contributed by atoms with Gasteiger partial charge in [-0.05, 0) is 78.0 Å². The number of nitrogens with one attached hydrogen (secondary N) is 3. The van der Waals surface area contributed by atoms with Crippen LogP contribution >= 0.6 is 11.6 Å². The monoisotopic (exact) mass is 562 g/mol. The number of fused-ring (bicyclic) bond motifs is 1. The highest BCUT2D eigenvalue weighted by Crippen LogP contribution is 2.56. The average Bonchev–Trinajstić information content (AvgIpc) is 3.28. The van der Waals surface area contributed by atoms with Crippen molar-refractivity contribution in [3.63, 3.8) is 0 Å². The lowest BCUT2D eigenvalue weighted by Gasteiger charge is -2.34. The van der Waals surface area contributed by atoms with Crippen LogP contribution in [-0.2, 0) is 19.7 Å². The van der Waals surface area contributed by atoms with Crippen molar-refractivity contribution in [3.05, 3.63) is 64.4 Å². The largest absolute Gasteiger partial charge is 0.380 e. The van der Waals surface area contributed by atoms with E-state index in [2.05, 4.69) is 34.7 Å². The summed E-state index contributed by atoms with van der Waals surface area (Å²) in [7, 11) is 0. The summed E-state index contributed by atoms with van der Waals surface area (Å²) >= 11 is 6.59.